The van der Waals surface area contributed by atoms with Crippen molar-refractivity contribution in [3.8, 4) is 0 Å². The molecule has 0 fully saturated rings. The molecule has 0 heterocycles. The van der Waals surface area contributed by atoms with Gasteiger partial charge in [0.05, 0.1) is 5.69 Å². The predicted molar refractivity (Wildman–Crippen MR) is 141 cm³/mol. The molecule has 2 amide bonds. The van der Waals surface area contributed by atoms with E-state index >= 15 is 0 Å². The normalized spacial score (nSPS) is 12.4. The number of nitrogens with zero attached hydrogens (tertiary/aromatic N) is 3. The third kappa shape index (κ3) is 6.88. The van der Waals surface area contributed by atoms with Crippen molar-refractivity contribution < 1.29 is 18.0 Å². The number of likely N-dealkylation sites (N-methyl/N-ethyl adjacent to an activating group) is 1. The van der Waals surface area contributed by atoms with Gasteiger partial charge in [0, 0.05) is 42.8 Å². The lowest BCUT2D eigenvalue weighted by Crippen LogP contribution is -2.52. The molecule has 0 aromatic heterocycles. The molecule has 1 atom stereocenters. The molecule has 0 aliphatic heterocycles. The van der Waals surface area contributed by atoms with Crippen LogP contribution in [-0.4, -0.2) is 62.7 Å². The minimum absolute atomic E-state index is 0.0711. The molecule has 2 aromatic rings. The Labute approximate surface area is 218 Å². The Morgan fingerprint density at radius 1 is 1.06 bits per heavy atom. The van der Waals surface area contributed by atoms with Crippen molar-refractivity contribution in [3.05, 3.63) is 63.1 Å². The van der Waals surface area contributed by atoms with Crippen molar-refractivity contribution in [2.75, 3.05) is 31.5 Å². The maximum atomic E-state index is 13.7. The number of hydrogen-bond acceptors (Lipinski definition) is 4. The summed E-state index contributed by atoms with van der Waals surface area (Å²) in [4.78, 5) is 27.7. The van der Waals surface area contributed by atoms with E-state index in [0.29, 0.717) is 33.4 Å². The first-order chi connectivity index (χ1) is 16.3. The lowest BCUT2D eigenvalue weighted by Gasteiger charge is -2.33. The SMILES string of the molecule is CCNC(=O)C(C)N(Cc1c(Cl)cccc1Cl)C(=O)CN(c1cc(C)ccc1C)S(=O)(=O)N(C)C. The minimum Gasteiger partial charge on any atom is -0.355 e. The summed E-state index contributed by atoms with van der Waals surface area (Å²) in [6.07, 6.45) is 0. The maximum absolute atomic E-state index is 13.7. The maximum Gasteiger partial charge on any atom is 0.304 e. The van der Waals surface area contributed by atoms with Crippen molar-refractivity contribution in [3.63, 3.8) is 0 Å². The van der Waals surface area contributed by atoms with E-state index in [1.807, 2.05) is 13.0 Å². The highest BCUT2D eigenvalue weighted by molar-refractivity contribution is 7.90. The molecule has 192 valence electrons. The standard InChI is InChI=1S/C24H32Cl2N4O4S/c1-7-27-24(32)18(4)29(14-19-20(25)9-8-10-21(19)26)23(31)15-30(35(33,34)28(5)6)22-13-16(2)11-12-17(22)3/h8-13,18H,7,14-15H2,1-6H3,(H,27,32). The fourth-order valence-electron chi connectivity index (χ4n) is 3.45. The van der Waals surface area contributed by atoms with E-state index in [0.717, 1.165) is 14.2 Å². The molecule has 0 bridgehead atoms. The van der Waals surface area contributed by atoms with Crippen LogP contribution in [0.1, 0.15) is 30.5 Å². The Hall–Kier alpha value is -2.33. The average molecular weight is 544 g/mol. The molecule has 2 rings (SSSR count). The second kappa shape index (κ2) is 12.1. The number of amides is 2. The summed E-state index contributed by atoms with van der Waals surface area (Å²) in [5, 5.41) is 3.38. The molecule has 0 aliphatic rings. The van der Waals surface area contributed by atoms with Crippen LogP contribution >= 0.6 is 23.2 Å². The summed E-state index contributed by atoms with van der Waals surface area (Å²) in [6.45, 7) is 6.75. The van der Waals surface area contributed by atoms with Gasteiger partial charge < -0.3 is 10.2 Å². The van der Waals surface area contributed by atoms with Crippen LogP contribution in [0.2, 0.25) is 10.0 Å². The van der Waals surface area contributed by atoms with Crippen LogP contribution in [-0.2, 0) is 26.3 Å². The Morgan fingerprint density at radius 2 is 1.66 bits per heavy atom. The number of anilines is 1. The summed E-state index contributed by atoms with van der Waals surface area (Å²) in [5.41, 5.74) is 2.38. The molecule has 0 saturated carbocycles. The summed E-state index contributed by atoms with van der Waals surface area (Å²) < 4.78 is 28.7. The highest BCUT2D eigenvalue weighted by Crippen LogP contribution is 2.28. The highest BCUT2D eigenvalue weighted by Gasteiger charge is 2.33. The van der Waals surface area contributed by atoms with E-state index in [1.165, 1.54) is 19.0 Å². The monoisotopic (exact) mass is 542 g/mol. The van der Waals surface area contributed by atoms with Gasteiger partial charge in [-0.3, -0.25) is 9.59 Å². The van der Waals surface area contributed by atoms with Crippen LogP contribution in [0.5, 0.6) is 0 Å². The Bertz CT molecular complexity index is 1170. The molecule has 0 radical (unpaired) electrons. The van der Waals surface area contributed by atoms with E-state index in [4.69, 9.17) is 23.2 Å². The molecular weight excluding hydrogens is 511 g/mol. The van der Waals surface area contributed by atoms with Gasteiger partial charge in [0.1, 0.15) is 12.6 Å². The van der Waals surface area contributed by atoms with Crippen molar-refractivity contribution in [1.29, 1.82) is 0 Å². The lowest BCUT2D eigenvalue weighted by molar-refractivity contribution is -0.139. The van der Waals surface area contributed by atoms with Crippen LogP contribution < -0.4 is 9.62 Å². The van der Waals surface area contributed by atoms with Gasteiger partial charge in [-0.25, -0.2) is 4.31 Å². The quantitative estimate of drug-likeness (QED) is 0.494. The van der Waals surface area contributed by atoms with Crippen molar-refractivity contribution >= 4 is 50.9 Å². The Kier molecular flexibility index (Phi) is 9.97. The summed E-state index contributed by atoms with van der Waals surface area (Å²) in [7, 11) is -1.24. The topological polar surface area (TPSA) is 90.0 Å². The molecule has 0 saturated heterocycles. The number of halogens is 2. The van der Waals surface area contributed by atoms with E-state index in [1.54, 1.807) is 51.1 Å². The predicted octanol–water partition coefficient (Wildman–Crippen LogP) is 3.78. The Morgan fingerprint density at radius 3 is 2.20 bits per heavy atom. The summed E-state index contributed by atoms with van der Waals surface area (Å²) >= 11 is 12.7. The largest absolute Gasteiger partial charge is 0.355 e. The summed E-state index contributed by atoms with van der Waals surface area (Å²) in [5.74, 6) is -0.955. The van der Waals surface area contributed by atoms with Crippen molar-refractivity contribution in [2.24, 2.45) is 0 Å². The van der Waals surface area contributed by atoms with Gasteiger partial charge in [0.2, 0.25) is 11.8 Å². The van der Waals surface area contributed by atoms with Crippen LogP contribution in [0.25, 0.3) is 0 Å². The molecular formula is C24H32Cl2N4O4S. The molecule has 1 unspecified atom stereocenters. The van der Waals surface area contributed by atoms with Crippen LogP contribution in [0, 0.1) is 13.8 Å². The van der Waals surface area contributed by atoms with Crippen LogP contribution in [0.3, 0.4) is 0 Å². The smallest absolute Gasteiger partial charge is 0.304 e. The Balaban J connectivity index is 2.56. The van der Waals surface area contributed by atoms with Crippen molar-refractivity contribution in [1.82, 2.24) is 14.5 Å². The molecule has 35 heavy (non-hydrogen) atoms. The number of hydrogen-bond donors (Lipinski definition) is 1. The number of aryl methyl sites for hydroxylation is 2. The number of nitrogens with one attached hydrogen (secondary N) is 1. The third-order valence-electron chi connectivity index (χ3n) is 5.56. The molecule has 11 heteroatoms. The first-order valence-corrected chi connectivity index (χ1v) is 13.2. The minimum atomic E-state index is -4.04. The third-order valence-corrected chi connectivity index (χ3v) is 8.07. The molecule has 0 spiro atoms. The molecule has 0 aliphatic carbocycles. The zero-order valence-electron chi connectivity index (χ0n) is 20.8. The van der Waals surface area contributed by atoms with Gasteiger partial charge in [-0.15, -0.1) is 0 Å². The van der Waals surface area contributed by atoms with Gasteiger partial charge in [-0.1, -0.05) is 41.4 Å². The zero-order valence-corrected chi connectivity index (χ0v) is 23.1. The molecule has 1 N–H and O–H groups in total. The summed E-state index contributed by atoms with van der Waals surface area (Å²) in [6, 6.07) is 9.43. The number of carbonyl (C=O) groups excluding carboxylic acids is 2. The van der Waals surface area contributed by atoms with E-state index in [2.05, 4.69) is 5.32 Å². The number of carbonyl (C=O) groups is 2. The highest BCUT2D eigenvalue weighted by atomic mass is 35.5. The first-order valence-electron chi connectivity index (χ1n) is 11.1. The van der Waals surface area contributed by atoms with E-state index < -0.39 is 28.7 Å². The zero-order chi connectivity index (χ0) is 26.5. The lowest BCUT2D eigenvalue weighted by atomic mass is 10.1. The van der Waals surface area contributed by atoms with Gasteiger partial charge >= 0.3 is 10.2 Å². The van der Waals surface area contributed by atoms with Crippen LogP contribution in [0.4, 0.5) is 5.69 Å². The molecule has 2 aromatic carbocycles. The number of benzene rings is 2. The van der Waals surface area contributed by atoms with Gasteiger partial charge in [-0.05, 0) is 57.0 Å². The second-order valence-corrected chi connectivity index (χ2v) is 11.3. The fourth-order valence-corrected chi connectivity index (χ4v) is 5.08. The first kappa shape index (κ1) is 28.9. The number of rotatable bonds is 10. The molecule has 8 nitrogen and oxygen atoms in total. The fraction of sp³-hybridized carbons (Fsp3) is 0.417. The van der Waals surface area contributed by atoms with Gasteiger partial charge in [0.15, 0.2) is 0 Å². The van der Waals surface area contributed by atoms with Gasteiger partial charge in [0.25, 0.3) is 0 Å². The van der Waals surface area contributed by atoms with E-state index in [-0.39, 0.29) is 12.5 Å². The second-order valence-electron chi connectivity index (χ2n) is 8.38. The van der Waals surface area contributed by atoms with E-state index in [9.17, 15) is 18.0 Å². The average Bonchev–Trinajstić information content (AvgIpc) is 2.78. The van der Waals surface area contributed by atoms with Crippen LogP contribution in [0.15, 0.2) is 36.4 Å². The van der Waals surface area contributed by atoms with Gasteiger partial charge in [-0.2, -0.15) is 12.7 Å². The van der Waals surface area contributed by atoms with Crippen molar-refractivity contribution in [2.45, 2.75) is 40.3 Å².